The van der Waals surface area contributed by atoms with Crippen LogP contribution in [0.15, 0.2) is 4.52 Å². The highest BCUT2D eigenvalue weighted by molar-refractivity contribution is 7.05. The van der Waals surface area contributed by atoms with E-state index in [0.717, 1.165) is 29.2 Å². The molecule has 0 saturated carbocycles. The molecule has 130 valence electrons. The van der Waals surface area contributed by atoms with E-state index >= 15 is 0 Å². The maximum absolute atomic E-state index is 12.3. The van der Waals surface area contributed by atoms with E-state index in [4.69, 9.17) is 4.52 Å². The number of likely N-dealkylation sites (tertiary alicyclic amines) is 1. The molecule has 9 heteroatoms. The predicted molar refractivity (Wildman–Crippen MR) is 88.8 cm³/mol. The lowest BCUT2D eigenvalue weighted by atomic mass is 9.97. The fourth-order valence-corrected chi connectivity index (χ4v) is 3.23. The summed E-state index contributed by atoms with van der Waals surface area (Å²) < 4.78 is 9.25. The van der Waals surface area contributed by atoms with Gasteiger partial charge in [-0.3, -0.25) is 0 Å². The molecule has 8 nitrogen and oxygen atoms in total. The first-order valence-electron chi connectivity index (χ1n) is 8.18. The number of carbonyl (C=O) groups is 1. The van der Waals surface area contributed by atoms with Crippen LogP contribution in [0.1, 0.15) is 60.8 Å². The van der Waals surface area contributed by atoms with Gasteiger partial charge in [-0.1, -0.05) is 23.5 Å². The predicted octanol–water partition coefficient (Wildman–Crippen LogP) is 2.44. The average molecular weight is 350 g/mol. The van der Waals surface area contributed by atoms with Gasteiger partial charge in [-0.2, -0.15) is 4.98 Å². The van der Waals surface area contributed by atoms with E-state index < -0.39 is 0 Å². The molecule has 1 N–H and O–H groups in total. The first-order chi connectivity index (χ1) is 11.5. The Morgan fingerprint density at radius 2 is 2.17 bits per heavy atom. The molecule has 24 heavy (non-hydrogen) atoms. The third kappa shape index (κ3) is 3.72. The van der Waals surface area contributed by atoms with Gasteiger partial charge in [-0.05, 0) is 31.3 Å². The third-order valence-electron chi connectivity index (χ3n) is 4.25. The Morgan fingerprint density at radius 1 is 1.42 bits per heavy atom. The van der Waals surface area contributed by atoms with Gasteiger partial charge >= 0.3 is 6.03 Å². The van der Waals surface area contributed by atoms with E-state index in [-0.39, 0.29) is 17.9 Å². The molecule has 0 unspecified atom stereocenters. The minimum Gasteiger partial charge on any atom is -0.339 e. The monoisotopic (exact) mass is 350 g/mol. The molecule has 2 aromatic rings. The molecule has 3 rings (SSSR count). The number of piperidine rings is 1. The van der Waals surface area contributed by atoms with Crippen LogP contribution >= 0.6 is 11.5 Å². The Balaban J connectivity index is 1.49. The second kappa shape index (κ2) is 7.25. The van der Waals surface area contributed by atoms with Crippen LogP contribution in [0.4, 0.5) is 4.79 Å². The van der Waals surface area contributed by atoms with Crippen molar-refractivity contribution in [2.45, 2.75) is 52.0 Å². The molecule has 0 radical (unpaired) electrons. The van der Waals surface area contributed by atoms with Crippen molar-refractivity contribution in [2.75, 3.05) is 13.1 Å². The summed E-state index contributed by atoms with van der Waals surface area (Å²) in [4.78, 5) is 19.6. The lowest BCUT2D eigenvalue weighted by molar-refractivity contribution is 0.175. The topological polar surface area (TPSA) is 97.0 Å². The van der Waals surface area contributed by atoms with Gasteiger partial charge in [0.25, 0.3) is 0 Å². The van der Waals surface area contributed by atoms with Crippen LogP contribution in [-0.2, 0) is 6.54 Å². The minimum absolute atomic E-state index is 0.0466. The van der Waals surface area contributed by atoms with Crippen LogP contribution in [0.5, 0.6) is 0 Å². The average Bonchev–Trinajstić information content (AvgIpc) is 3.22. The number of carbonyl (C=O) groups excluding carboxylic acids is 1. The summed E-state index contributed by atoms with van der Waals surface area (Å²) >= 11 is 1.32. The first-order valence-corrected chi connectivity index (χ1v) is 8.96. The van der Waals surface area contributed by atoms with E-state index in [2.05, 4.69) is 25.0 Å². The largest absolute Gasteiger partial charge is 0.339 e. The summed E-state index contributed by atoms with van der Waals surface area (Å²) in [6.45, 7) is 7.84. The van der Waals surface area contributed by atoms with Crippen molar-refractivity contribution in [2.24, 2.45) is 0 Å². The molecular weight excluding hydrogens is 328 g/mol. The second-order valence-electron chi connectivity index (χ2n) is 6.35. The molecule has 3 heterocycles. The Bertz CT molecular complexity index is 690. The van der Waals surface area contributed by atoms with Crippen LogP contribution in [0, 0.1) is 6.92 Å². The molecular formula is C15H22N6O2S. The normalized spacial score (nSPS) is 15.9. The molecule has 1 aliphatic rings. The Kier molecular flexibility index (Phi) is 5.08. The molecule has 1 fully saturated rings. The standard InChI is InChI=1S/C15H22N6O2S/c1-9(2)13-17-14(23-19-13)11-4-6-21(7-5-11)15(22)16-8-12-10(3)18-20-24-12/h9,11H,4-8H2,1-3H3,(H,16,22). The quantitative estimate of drug-likeness (QED) is 0.909. The minimum atomic E-state index is -0.0466. The maximum Gasteiger partial charge on any atom is 0.317 e. The fourth-order valence-electron chi connectivity index (χ4n) is 2.66. The van der Waals surface area contributed by atoms with Crippen molar-refractivity contribution < 1.29 is 9.32 Å². The number of hydrogen-bond acceptors (Lipinski definition) is 7. The Hall–Kier alpha value is -2.03. The summed E-state index contributed by atoms with van der Waals surface area (Å²) in [6.07, 6.45) is 1.68. The van der Waals surface area contributed by atoms with Crippen molar-refractivity contribution in [1.82, 2.24) is 29.9 Å². The van der Waals surface area contributed by atoms with E-state index in [0.29, 0.717) is 25.5 Å². The van der Waals surface area contributed by atoms with Crippen molar-refractivity contribution >= 4 is 17.6 Å². The fraction of sp³-hybridized carbons (Fsp3) is 0.667. The Morgan fingerprint density at radius 3 is 2.75 bits per heavy atom. The summed E-state index contributed by atoms with van der Waals surface area (Å²) in [5, 5.41) is 10.9. The highest BCUT2D eigenvalue weighted by Crippen LogP contribution is 2.27. The van der Waals surface area contributed by atoms with Gasteiger partial charge in [-0.25, -0.2) is 4.79 Å². The van der Waals surface area contributed by atoms with E-state index in [1.165, 1.54) is 11.5 Å². The second-order valence-corrected chi connectivity index (χ2v) is 7.19. The van der Waals surface area contributed by atoms with Gasteiger partial charge in [0.15, 0.2) is 5.82 Å². The number of amides is 2. The Labute approximate surface area is 144 Å². The van der Waals surface area contributed by atoms with E-state index in [9.17, 15) is 4.79 Å². The summed E-state index contributed by atoms with van der Waals surface area (Å²) in [7, 11) is 0. The molecule has 1 saturated heterocycles. The molecule has 0 bridgehead atoms. The first kappa shape index (κ1) is 16.8. The molecule has 0 spiro atoms. The summed E-state index contributed by atoms with van der Waals surface area (Å²) in [6, 6.07) is -0.0466. The SMILES string of the molecule is Cc1nnsc1CNC(=O)N1CCC(c2nc(C(C)C)no2)CC1. The van der Waals surface area contributed by atoms with Crippen molar-refractivity contribution in [1.29, 1.82) is 0 Å². The number of rotatable bonds is 4. The van der Waals surface area contributed by atoms with E-state index in [1.807, 2.05) is 25.7 Å². The van der Waals surface area contributed by atoms with Gasteiger partial charge in [0.05, 0.1) is 17.1 Å². The van der Waals surface area contributed by atoms with Gasteiger partial charge < -0.3 is 14.7 Å². The van der Waals surface area contributed by atoms with Crippen LogP contribution in [-0.4, -0.2) is 43.7 Å². The van der Waals surface area contributed by atoms with Crippen LogP contribution in [0.2, 0.25) is 0 Å². The zero-order valence-corrected chi connectivity index (χ0v) is 15.0. The van der Waals surface area contributed by atoms with Gasteiger partial charge in [0, 0.05) is 24.9 Å². The zero-order valence-electron chi connectivity index (χ0n) is 14.2. The summed E-state index contributed by atoms with van der Waals surface area (Å²) in [5.41, 5.74) is 0.872. The molecule has 0 aliphatic carbocycles. The molecule has 1 aliphatic heterocycles. The molecule has 0 atom stereocenters. The van der Waals surface area contributed by atoms with Crippen LogP contribution in [0.25, 0.3) is 0 Å². The maximum atomic E-state index is 12.3. The van der Waals surface area contributed by atoms with Crippen LogP contribution in [0.3, 0.4) is 0 Å². The van der Waals surface area contributed by atoms with Crippen LogP contribution < -0.4 is 5.32 Å². The lowest BCUT2D eigenvalue weighted by Crippen LogP contribution is -2.43. The summed E-state index contributed by atoms with van der Waals surface area (Å²) in [5.74, 6) is 1.95. The van der Waals surface area contributed by atoms with Crippen molar-refractivity contribution in [3.05, 3.63) is 22.3 Å². The third-order valence-corrected chi connectivity index (χ3v) is 5.07. The van der Waals surface area contributed by atoms with Crippen molar-refractivity contribution in [3.63, 3.8) is 0 Å². The lowest BCUT2D eigenvalue weighted by Gasteiger charge is -2.30. The van der Waals surface area contributed by atoms with Gasteiger partial charge in [0.1, 0.15) is 0 Å². The number of aryl methyl sites for hydroxylation is 1. The molecule has 2 amide bonds. The molecule has 0 aromatic carbocycles. The number of aromatic nitrogens is 4. The number of urea groups is 1. The smallest absolute Gasteiger partial charge is 0.317 e. The van der Waals surface area contributed by atoms with E-state index in [1.54, 1.807) is 0 Å². The van der Waals surface area contributed by atoms with Gasteiger partial charge in [0.2, 0.25) is 5.89 Å². The highest BCUT2D eigenvalue weighted by atomic mass is 32.1. The highest BCUT2D eigenvalue weighted by Gasteiger charge is 2.27. The number of hydrogen-bond donors (Lipinski definition) is 1. The number of nitrogens with one attached hydrogen (secondary N) is 1. The van der Waals surface area contributed by atoms with Crippen molar-refractivity contribution in [3.8, 4) is 0 Å². The van der Waals surface area contributed by atoms with Gasteiger partial charge in [-0.15, -0.1) is 5.10 Å². The molecule has 2 aromatic heterocycles. The number of nitrogens with zero attached hydrogens (tertiary/aromatic N) is 5. The zero-order chi connectivity index (χ0) is 17.1.